The Bertz CT molecular complexity index is 551. The Morgan fingerprint density at radius 2 is 2.19 bits per heavy atom. The monoisotopic (exact) mass is 330 g/mol. The van der Waals surface area contributed by atoms with Crippen LogP contribution in [0.5, 0.6) is 5.75 Å². The quantitative estimate of drug-likeness (QED) is 0.919. The molecule has 114 valence electrons. The molecule has 2 rings (SSSR count). The first-order valence-electron chi connectivity index (χ1n) is 6.68. The minimum Gasteiger partial charge on any atom is -0.484 e. The minimum atomic E-state index is -0.427. The van der Waals surface area contributed by atoms with E-state index in [4.69, 9.17) is 27.9 Å². The van der Waals surface area contributed by atoms with Crippen molar-refractivity contribution < 1.29 is 14.3 Å². The van der Waals surface area contributed by atoms with E-state index in [9.17, 15) is 9.59 Å². The lowest BCUT2D eigenvalue weighted by Crippen LogP contribution is -2.57. The predicted molar refractivity (Wildman–Crippen MR) is 80.8 cm³/mol. The summed E-state index contributed by atoms with van der Waals surface area (Å²) in [5, 5.41) is 3.54. The van der Waals surface area contributed by atoms with Gasteiger partial charge in [-0.3, -0.25) is 9.59 Å². The summed E-state index contributed by atoms with van der Waals surface area (Å²) >= 11 is 11.7. The molecule has 1 unspecified atom stereocenters. The average molecular weight is 331 g/mol. The van der Waals surface area contributed by atoms with Crippen LogP contribution in [-0.2, 0) is 9.59 Å². The van der Waals surface area contributed by atoms with Gasteiger partial charge in [0.25, 0.3) is 5.91 Å². The van der Waals surface area contributed by atoms with Crippen molar-refractivity contribution in [2.75, 3.05) is 19.7 Å². The Morgan fingerprint density at radius 3 is 2.86 bits per heavy atom. The highest BCUT2D eigenvalue weighted by atomic mass is 35.5. The van der Waals surface area contributed by atoms with Crippen molar-refractivity contribution in [1.82, 2.24) is 10.2 Å². The molecular formula is C14H16Cl2N2O3. The molecule has 1 heterocycles. The van der Waals surface area contributed by atoms with Gasteiger partial charge in [-0.1, -0.05) is 30.1 Å². The lowest BCUT2D eigenvalue weighted by atomic mass is 10.1. The summed E-state index contributed by atoms with van der Waals surface area (Å²) in [6, 6.07) is 4.37. The second-order valence-electron chi connectivity index (χ2n) is 4.67. The molecule has 1 aliphatic heterocycles. The number of nitrogens with zero attached hydrogens (tertiary/aromatic N) is 1. The molecule has 1 aromatic carbocycles. The molecule has 0 spiro atoms. The molecule has 1 aromatic rings. The van der Waals surface area contributed by atoms with E-state index in [1.165, 1.54) is 0 Å². The van der Waals surface area contributed by atoms with E-state index in [0.29, 0.717) is 35.3 Å². The topological polar surface area (TPSA) is 58.6 Å². The number of hydrogen-bond donors (Lipinski definition) is 1. The summed E-state index contributed by atoms with van der Waals surface area (Å²) in [6.07, 6.45) is 0.574. The number of amides is 2. The Kier molecular flexibility index (Phi) is 5.31. The van der Waals surface area contributed by atoms with Crippen LogP contribution in [0.15, 0.2) is 18.2 Å². The van der Waals surface area contributed by atoms with Gasteiger partial charge in [-0.2, -0.15) is 0 Å². The minimum absolute atomic E-state index is 0.119. The summed E-state index contributed by atoms with van der Waals surface area (Å²) in [5.74, 6) is 0.127. The zero-order chi connectivity index (χ0) is 15.4. The fraction of sp³-hybridized carbons (Fsp3) is 0.429. The summed E-state index contributed by atoms with van der Waals surface area (Å²) < 4.78 is 5.42. The van der Waals surface area contributed by atoms with Crippen molar-refractivity contribution >= 4 is 35.0 Å². The zero-order valence-electron chi connectivity index (χ0n) is 11.6. The van der Waals surface area contributed by atoms with Crippen LogP contribution in [0, 0.1) is 0 Å². The van der Waals surface area contributed by atoms with Gasteiger partial charge in [-0.05, 0) is 18.6 Å². The third-order valence-electron chi connectivity index (χ3n) is 3.29. The maximum absolute atomic E-state index is 12.2. The van der Waals surface area contributed by atoms with Gasteiger partial charge >= 0.3 is 0 Å². The number of nitrogens with one attached hydrogen (secondary N) is 1. The zero-order valence-corrected chi connectivity index (χ0v) is 13.1. The third-order valence-corrected chi connectivity index (χ3v) is 4.03. The normalized spacial score (nSPS) is 18.3. The van der Waals surface area contributed by atoms with Gasteiger partial charge in [0, 0.05) is 19.2 Å². The number of piperazine rings is 1. The van der Waals surface area contributed by atoms with Crippen molar-refractivity contribution in [3.63, 3.8) is 0 Å². The molecule has 1 saturated heterocycles. The van der Waals surface area contributed by atoms with Crippen LogP contribution >= 0.6 is 23.2 Å². The molecule has 0 radical (unpaired) electrons. The first-order valence-corrected chi connectivity index (χ1v) is 7.43. The highest BCUT2D eigenvalue weighted by Crippen LogP contribution is 2.26. The second-order valence-corrected chi connectivity index (χ2v) is 5.48. The number of halogens is 2. The largest absolute Gasteiger partial charge is 0.484 e. The Morgan fingerprint density at radius 1 is 1.43 bits per heavy atom. The van der Waals surface area contributed by atoms with Crippen LogP contribution in [-0.4, -0.2) is 42.5 Å². The van der Waals surface area contributed by atoms with Crippen LogP contribution in [0.1, 0.15) is 13.3 Å². The second kappa shape index (κ2) is 7.00. The number of carbonyl (C=O) groups is 2. The van der Waals surface area contributed by atoms with Gasteiger partial charge < -0.3 is 15.0 Å². The van der Waals surface area contributed by atoms with E-state index in [-0.39, 0.29) is 18.4 Å². The molecule has 0 bridgehead atoms. The number of rotatable bonds is 4. The van der Waals surface area contributed by atoms with Gasteiger partial charge in [0.1, 0.15) is 11.8 Å². The van der Waals surface area contributed by atoms with Gasteiger partial charge in [-0.15, -0.1) is 0 Å². The number of benzene rings is 1. The van der Waals surface area contributed by atoms with Gasteiger partial charge in [0.15, 0.2) is 6.61 Å². The van der Waals surface area contributed by atoms with Crippen molar-refractivity contribution in [2.45, 2.75) is 19.4 Å². The lowest BCUT2D eigenvalue weighted by molar-refractivity contribution is -0.144. The first kappa shape index (κ1) is 15.9. The third kappa shape index (κ3) is 3.80. The lowest BCUT2D eigenvalue weighted by Gasteiger charge is -2.34. The molecule has 0 aliphatic carbocycles. The van der Waals surface area contributed by atoms with Crippen LogP contribution in [0.3, 0.4) is 0 Å². The van der Waals surface area contributed by atoms with Gasteiger partial charge in [0.05, 0.1) is 10.0 Å². The van der Waals surface area contributed by atoms with Crippen molar-refractivity contribution in [3.05, 3.63) is 28.2 Å². The Hall–Kier alpha value is -1.46. The van der Waals surface area contributed by atoms with Crippen molar-refractivity contribution in [1.29, 1.82) is 0 Å². The number of hydrogen-bond acceptors (Lipinski definition) is 3. The van der Waals surface area contributed by atoms with E-state index in [1.54, 1.807) is 23.1 Å². The molecule has 5 nitrogen and oxygen atoms in total. The van der Waals surface area contributed by atoms with Crippen LogP contribution in [0.4, 0.5) is 0 Å². The Labute approximate surface area is 133 Å². The fourth-order valence-corrected chi connectivity index (χ4v) is 2.50. The molecule has 1 aliphatic rings. The van der Waals surface area contributed by atoms with Gasteiger partial charge in [-0.25, -0.2) is 0 Å². The molecule has 1 N–H and O–H groups in total. The summed E-state index contributed by atoms with van der Waals surface area (Å²) in [7, 11) is 0. The van der Waals surface area contributed by atoms with E-state index in [2.05, 4.69) is 5.32 Å². The molecule has 0 saturated carbocycles. The van der Waals surface area contributed by atoms with Crippen molar-refractivity contribution in [2.24, 2.45) is 0 Å². The molecule has 2 amide bonds. The molecule has 0 aromatic heterocycles. The van der Waals surface area contributed by atoms with Gasteiger partial charge in [0.2, 0.25) is 5.91 Å². The maximum Gasteiger partial charge on any atom is 0.261 e. The molecule has 1 fully saturated rings. The van der Waals surface area contributed by atoms with E-state index >= 15 is 0 Å². The van der Waals surface area contributed by atoms with Crippen molar-refractivity contribution in [3.8, 4) is 5.75 Å². The van der Waals surface area contributed by atoms with E-state index < -0.39 is 6.04 Å². The highest BCUT2D eigenvalue weighted by Gasteiger charge is 2.31. The molecule has 1 atom stereocenters. The summed E-state index contributed by atoms with van der Waals surface area (Å²) in [4.78, 5) is 25.5. The number of carbonyl (C=O) groups excluding carboxylic acids is 2. The maximum atomic E-state index is 12.2. The first-order chi connectivity index (χ1) is 10.0. The van der Waals surface area contributed by atoms with Crippen LogP contribution in [0.2, 0.25) is 10.0 Å². The summed E-state index contributed by atoms with van der Waals surface area (Å²) in [6.45, 7) is 2.69. The molecule has 21 heavy (non-hydrogen) atoms. The standard InChI is InChI=1S/C14H16Cl2N2O3/c1-2-12-14(20)17-5-6-18(12)13(19)8-21-9-3-4-10(15)11(16)7-9/h3-4,7,12H,2,5-6,8H2,1H3,(H,17,20). The average Bonchev–Trinajstić information content (AvgIpc) is 2.48. The SMILES string of the molecule is CCC1C(=O)NCCN1C(=O)COc1ccc(Cl)c(Cl)c1. The van der Waals surface area contributed by atoms with Crippen LogP contribution < -0.4 is 10.1 Å². The highest BCUT2D eigenvalue weighted by molar-refractivity contribution is 6.42. The molecular weight excluding hydrogens is 315 g/mol. The summed E-state index contributed by atoms with van der Waals surface area (Å²) in [5.41, 5.74) is 0. The Balaban J connectivity index is 1.97. The fourth-order valence-electron chi connectivity index (χ4n) is 2.21. The predicted octanol–water partition coefficient (Wildman–Crippen LogP) is 2.11. The van der Waals surface area contributed by atoms with E-state index in [0.717, 1.165) is 0 Å². The molecule has 7 heteroatoms. The van der Waals surface area contributed by atoms with Crippen LogP contribution in [0.25, 0.3) is 0 Å². The smallest absolute Gasteiger partial charge is 0.261 e. The van der Waals surface area contributed by atoms with E-state index in [1.807, 2.05) is 6.92 Å². The number of ether oxygens (including phenoxy) is 1.